The lowest BCUT2D eigenvalue weighted by Gasteiger charge is -2.34. The summed E-state index contributed by atoms with van der Waals surface area (Å²) in [4.78, 5) is 37.4. The molecule has 0 radical (unpaired) electrons. The summed E-state index contributed by atoms with van der Waals surface area (Å²) in [5, 5.41) is 4.41. The lowest BCUT2D eigenvalue weighted by atomic mass is 10.1. The highest BCUT2D eigenvalue weighted by atomic mass is 16.2. The van der Waals surface area contributed by atoms with Gasteiger partial charge in [0.1, 0.15) is 5.69 Å². The van der Waals surface area contributed by atoms with Gasteiger partial charge in [-0.05, 0) is 61.1 Å². The SMILES string of the molecule is CCCn1nccc1C(=O)N1Cc2ccccc2N(C(C)=O)CC[C@H]2CC[C@@H](C1)N2Cc1ccncc1. The average Bonchev–Trinajstić information content (AvgIpc) is 3.51. The molecule has 8 heteroatoms. The van der Waals surface area contributed by atoms with Gasteiger partial charge in [-0.1, -0.05) is 25.1 Å². The van der Waals surface area contributed by atoms with Crippen molar-refractivity contribution in [2.75, 3.05) is 18.0 Å². The van der Waals surface area contributed by atoms with Crippen LogP contribution in [-0.4, -0.2) is 61.6 Å². The lowest BCUT2D eigenvalue weighted by Crippen LogP contribution is -2.45. The maximum atomic E-state index is 14.0. The van der Waals surface area contributed by atoms with E-state index in [0.29, 0.717) is 37.9 Å². The first-order valence-electron chi connectivity index (χ1n) is 13.4. The zero-order chi connectivity index (χ0) is 25.8. The van der Waals surface area contributed by atoms with Gasteiger partial charge in [-0.3, -0.25) is 24.2 Å². The van der Waals surface area contributed by atoms with Crippen molar-refractivity contribution in [2.24, 2.45) is 0 Å². The fraction of sp³-hybridized carbons (Fsp3) is 0.448. The smallest absolute Gasteiger partial charge is 0.272 e. The van der Waals surface area contributed by atoms with Gasteiger partial charge in [-0.15, -0.1) is 0 Å². The van der Waals surface area contributed by atoms with Crippen LogP contribution in [0.25, 0.3) is 0 Å². The quantitative estimate of drug-likeness (QED) is 0.527. The van der Waals surface area contributed by atoms with Crippen molar-refractivity contribution in [1.82, 2.24) is 24.6 Å². The number of carbonyl (C=O) groups is 2. The first-order chi connectivity index (χ1) is 18.0. The highest BCUT2D eigenvalue weighted by Crippen LogP contribution is 2.33. The van der Waals surface area contributed by atoms with Crippen LogP contribution in [0.5, 0.6) is 0 Å². The Morgan fingerprint density at radius 1 is 0.973 bits per heavy atom. The lowest BCUT2D eigenvalue weighted by molar-refractivity contribution is -0.116. The highest BCUT2D eigenvalue weighted by Gasteiger charge is 2.37. The molecule has 194 valence electrons. The number of aryl methyl sites for hydroxylation is 1. The molecule has 0 spiro atoms. The van der Waals surface area contributed by atoms with E-state index in [-0.39, 0.29) is 17.9 Å². The molecule has 3 aromatic rings. The normalized spacial score (nSPS) is 20.4. The molecule has 5 rings (SSSR count). The molecule has 0 aliphatic carbocycles. The predicted molar refractivity (Wildman–Crippen MR) is 143 cm³/mol. The van der Waals surface area contributed by atoms with Crippen LogP contribution in [0, 0.1) is 0 Å². The van der Waals surface area contributed by atoms with E-state index in [0.717, 1.165) is 43.5 Å². The predicted octanol–water partition coefficient (Wildman–Crippen LogP) is 4.12. The molecule has 1 saturated heterocycles. The summed E-state index contributed by atoms with van der Waals surface area (Å²) in [6.45, 7) is 6.97. The number of pyridine rings is 1. The zero-order valence-corrected chi connectivity index (χ0v) is 21.8. The molecule has 0 unspecified atom stereocenters. The van der Waals surface area contributed by atoms with Gasteiger partial charge in [0.25, 0.3) is 5.91 Å². The van der Waals surface area contributed by atoms with Crippen LogP contribution in [-0.2, 0) is 24.4 Å². The van der Waals surface area contributed by atoms with E-state index in [9.17, 15) is 9.59 Å². The summed E-state index contributed by atoms with van der Waals surface area (Å²) in [5.74, 6) is 0.0162. The third kappa shape index (κ3) is 5.44. The second-order valence-corrected chi connectivity index (χ2v) is 10.1. The molecule has 2 bridgehead atoms. The maximum absolute atomic E-state index is 14.0. The number of hydrogen-bond donors (Lipinski definition) is 0. The third-order valence-electron chi connectivity index (χ3n) is 7.68. The van der Waals surface area contributed by atoms with E-state index < -0.39 is 0 Å². The Bertz CT molecular complexity index is 1230. The number of anilines is 1. The van der Waals surface area contributed by atoms with Gasteiger partial charge in [-0.2, -0.15) is 5.10 Å². The van der Waals surface area contributed by atoms with E-state index in [1.807, 2.05) is 57.2 Å². The monoisotopic (exact) mass is 500 g/mol. The maximum Gasteiger partial charge on any atom is 0.272 e. The van der Waals surface area contributed by atoms with Crippen LogP contribution in [0.3, 0.4) is 0 Å². The number of aromatic nitrogens is 3. The van der Waals surface area contributed by atoms with Crippen molar-refractivity contribution in [1.29, 1.82) is 0 Å². The van der Waals surface area contributed by atoms with Crippen molar-refractivity contribution in [3.8, 4) is 0 Å². The minimum atomic E-state index is -0.0123. The first kappa shape index (κ1) is 25.1. The van der Waals surface area contributed by atoms with Gasteiger partial charge in [0.05, 0.1) is 0 Å². The van der Waals surface area contributed by atoms with Crippen molar-refractivity contribution < 1.29 is 9.59 Å². The van der Waals surface area contributed by atoms with E-state index in [4.69, 9.17) is 0 Å². The molecular formula is C29H36N6O2. The molecule has 8 nitrogen and oxygen atoms in total. The number of para-hydroxylation sites is 1. The van der Waals surface area contributed by atoms with E-state index >= 15 is 0 Å². The van der Waals surface area contributed by atoms with Crippen molar-refractivity contribution in [3.05, 3.63) is 77.9 Å². The van der Waals surface area contributed by atoms with Crippen LogP contribution in [0.15, 0.2) is 61.1 Å². The zero-order valence-electron chi connectivity index (χ0n) is 21.8. The van der Waals surface area contributed by atoms with Crippen LogP contribution < -0.4 is 4.90 Å². The topological polar surface area (TPSA) is 74.6 Å². The molecule has 0 N–H and O–H groups in total. The van der Waals surface area contributed by atoms with Crippen LogP contribution in [0.1, 0.15) is 61.1 Å². The van der Waals surface area contributed by atoms with Gasteiger partial charge in [0, 0.05) is 76.0 Å². The molecule has 2 aliphatic heterocycles. The molecule has 4 heterocycles. The van der Waals surface area contributed by atoms with Crippen LogP contribution in [0.4, 0.5) is 5.69 Å². The Hall–Kier alpha value is -3.52. The fourth-order valence-corrected chi connectivity index (χ4v) is 5.86. The summed E-state index contributed by atoms with van der Waals surface area (Å²) in [6.07, 6.45) is 9.26. The number of rotatable bonds is 5. The molecule has 2 atom stereocenters. The van der Waals surface area contributed by atoms with Crippen molar-refractivity contribution >= 4 is 17.5 Å². The summed E-state index contributed by atoms with van der Waals surface area (Å²) in [5.41, 5.74) is 3.72. The number of benzene rings is 1. The van der Waals surface area contributed by atoms with E-state index in [1.54, 1.807) is 13.1 Å². The standard InChI is InChI=1S/C29H36N6O2/c1-3-17-35-28(12-16-31-35)29(37)32-20-24-6-4-5-7-27(24)33(22(2)36)18-13-25-8-9-26(21-32)34(25)19-23-10-14-30-15-11-23/h4-7,10-12,14-16,25-26H,3,8-9,13,17-21H2,1-2H3/t25-,26+/m1/s1. The highest BCUT2D eigenvalue weighted by molar-refractivity contribution is 5.94. The molecule has 2 amide bonds. The first-order valence-corrected chi connectivity index (χ1v) is 13.4. The number of hydrogen-bond acceptors (Lipinski definition) is 5. The Balaban J connectivity index is 1.54. The summed E-state index contributed by atoms with van der Waals surface area (Å²) >= 11 is 0. The fourth-order valence-electron chi connectivity index (χ4n) is 5.86. The number of nitrogens with zero attached hydrogens (tertiary/aromatic N) is 6. The number of amides is 2. The number of carbonyl (C=O) groups excluding carboxylic acids is 2. The van der Waals surface area contributed by atoms with Crippen molar-refractivity contribution in [3.63, 3.8) is 0 Å². The van der Waals surface area contributed by atoms with Crippen LogP contribution in [0.2, 0.25) is 0 Å². The minimum absolute atomic E-state index is 0.0123. The molecular weight excluding hydrogens is 464 g/mol. The molecule has 1 aromatic carbocycles. The average molecular weight is 501 g/mol. The van der Waals surface area contributed by atoms with Gasteiger partial charge in [0.15, 0.2) is 0 Å². The minimum Gasteiger partial charge on any atom is -0.331 e. The second-order valence-electron chi connectivity index (χ2n) is 10.1. The molecule has 1 fully saturated rings. The van der Waals surface area contributed by atoms with Crippen molar-refractivity contribution in [2.45, 2.75) is 71.2 Å². The largest absolute Gasteiger partial charge is 0.331 e. The van der Waals surface area contributed by atoms with E-state index in [2.05, 4.69) is 34.0 Å². The summed E-state index contributed by atoms with van der Waals surface area (Å²) < 4.78 is 1.81. The van der Waals surface area contributed by atoms with Crippen LogP contribution >= 0.6 is 0 Å². The Morgan fingerprint density at radius 2 is 1.76 bits per heavy atom. The summed E-state index contributed by atoms with van der Waals surface area (Å²) in [6, 6.07) is 14.5. The summed E-state index contributed by atoms with van der Waals surface area (Å²) in [7, 11) is 0. The molecule has 37 heavy (non-hydrogen) atoms. The van der Waals surface area contributed by atoms with E-state index in [1.165, 1.54) is 5.56 Å². The second kappa shape index (κ2) is 11.3. The molecule has 2 aromatic heterocycles. The van der Waals surface area contributed by atoms with Gasteiger partial charge >= 0.3 is 0 Å². The Morgan fingerprint density at radius 3 is 2.54 bits per heavy atom. The molecule has 2 aliphatic rings. The Labute approximate surface area is 218 Å². The number of fused-ring (bicyclic) bond motifs is 3. The third-order valence-corrected chi connectivity index (χ3v) is 7.68. The van der Waals surface area contributed by atoms with Gasteiger partial charge < -0.3 is 9.80 Å². The van der Waals surface area contributed by atoms with Gasteiger partial charge in [0.2, 0.25) is 5.91 Å². The van der Waals surface area contributed by atoms with Gasteiger partial charge in [-0.25, -0.2) is 0 Å². The molecule has 0 saturated carbocycles. The Kier molecular flexibility index (Phi) is 7.65.